The van der Waals surface area contributed by atoms with Crippen molar-refractivity contribution in [3.05, 3.63) is 35.7 Å². The van der Waals surface area contributed by atoms with Crippen molar-refractivity contribution in [1.29, 1.82) is 0 Å². The molecule has 2 aromatic rings. The second-order valence-electron chi connectivity index (χ2n) is 8.42. The topological polar surface area (TPSA) is 76.1 Å². The summed E-state index contributed by atoms with van der Waals surface area (Å²) in [5.74, 6) is 2.87. The van der Waals surface area contributed by atoms with Crippen LogP contribution in [0.3, 0.4) is 0 Å². The van der Waals surface area contributed by atoms with Gasteiger partial charge in [0.2, 0.25) is 0 Å². The summed E-state index contributed by atoms with van der Waals surface area (Å²) >= 11 is 0. The molecule has 1 saturated heterocycles. The maximum Gasteiger partial charge on any atom is 0.147 e. The third-order valence-corrected chi connectivity index (χ3v) is 6.23. The average Bonchev–Trinajstić information content (AvgIpc) is 3.41. The van der Waals surface area contributed by atoms with Crippen LogP contribution in [0.25, 0.3) is 0 Å². The normalized spacial score (nSPS) is 26.2. The molecule has 0 amide bonds. The van der Waals surface area contributed by atoms with Gasteiger partial charge in [-0.25, -0.2) is 0 Å². The van der Waals surface area contributed by atoms with Gasteiger partial charge < -0.3 is 15.2 Å². The zero-order chi connectivity index (χ0) is 18.4. The third-order valence-electron chi connectivity index (χ3n) is 6.23. The Morgan fingerprint density at radius 3 is 2.56 bits per heavy atom. The fourth-order valence-electron chi connectivity index (χ4n) is 4.42. The van der Waals surface area contributed by atoms with E-state index in [0.29, 0.717) is 18.0 Å². The van der Waals surface area contributed by atoms with Crippen LogP contribution in [0.1, 0.15) is 55.0 Å². The number of aryl methyl sites for hydroxylation is 1. The maximum absolute atomic E-state index is 6.00. The van der Waals surface area contributed by atoms with Crippen LogP contribution in [-0.4, -0.2) is 56.9 Å². The molecule has 0 radical (unpaired) electrons. The lowest BCUT2D eigenvalue weighted by atomic mass is 9.80. The average molecular weight is 368 g/mol. The summed E-state index contributed by atoms with van der Waals surface area (Å²) in [6, 6.07) is 5.27. The molecule has 2 aromatic heterocycles. The minimum atomic E-state index is 0.354. The van der Waals surface area contributed by atoms with Crippen molar-refractivity contribution in [2.45, 2.75) is 57.2 Å². The van der Waals surface area contributed by atoms with Crippen molar-refractivity contribution in [3.63, 3.8) is 0 Å². The van der Waals surface area contributed by atoms with Gasteiger partial charge in [0.05, 0.1) is 6.54 Å². The first-order valence-corrected chi connectivity index (χ1v) is 10.3. The Balaban J connectivity index is 1.24. The first-order chi connectivity index (χ1) is 13.2. The van der Waals surface area contributed by atoms with Crippen LogP contribution < -0.4 is 10.6 Å². The van der Waals surface area contributed by atoms with Gasteiger partial charge >= 0.3 is 0 Å². The Kier molecular flexibility index (Phi) is 4.36. The summed E-state index contributed by atoms with van der Waals surface area (Å²) in [5, 5.41) is 9.18. The molecule has 7 heteroatoms. The predicted molar refractivity (Wildman–Crippen MR) is 105 cm³/mol. The smallest absolute Gasteiger partial charge is 0.147 e. The minimum Gasteiger partial charge on any atom is -0.369 e. The van der Waals surface area contributed by atoms with E-state index >= 15 is 0 Å². The summed E-state index contributed by atoms with van der Waals surface area (Å²) < 4.78 is 2.45. The Morgan fingerprint density at radius 2 is 1.89 bits per heavy atom. The Labute approximate surface area is 160 Å². The number of rotatable bonds is 5. The van der Waals surface area contributed by atoms with E-state index < -0.39 is 0 Å². The molecule has 144 valence electrons. The second-order valence-corrected chi connectivity index (χ2v) is 8.42. The highest BCUT2D eigenvalue weighted by Crippen LogP contribution is 2.42. The molecule has 0 unspecified atom stereocenters. The van der Waals surface area contributed by atoms with Crippen molar-refractivity contribution < 1.29 is 0 Å². The highest BCUT2D eigenvalue weighted by atomic mass is 15.3. The van der Waals surface area contributed by atoms with E-state index in [1.807, 2.05) is 6.20 Å². The molecule has 2 aliphatic carbocycles. The van der Waals surface area contributed by atoms with E-state index in [1.165, 1.54) is 24.4 Å². The predicted octanol–water partition coefficient (Wildman–Crippen LogP) is 1.84. The van der Waals surface area contributed by atoms with Crippen LogP contribution in [-0.2, 0) is 6.54 Å². The third kappa shape index (κ3) is 3.46. The van der Waals surface area contributed by atoms with Gasteiger partial charge in [0, 0.05) is 61.8 Å². The molecule has 7 nitrogen and oxygen atoms in total. The lowest BCUT2D eigenvalue weighted by molar-refractivity contribution is 0.239. The van der Waals surface area contributed by atoms with Gasteiger partial charge in [0.1, 0.15) is 11.6 Å². The van der Waals surface area contributed by atoms with E-state index in [-0.39, 0.29) is 0 Å². The summed E-state index contributed by atoms with van der Waals surface area (Å²) in [5.41, 5.74) is 8.36. The number of hydrogen-bond donors (Lipinski definition) is 1. The van der Waals surface area contributed by atoms with Crippen LogP contribution in [0, 0.1) is 6.92 Å². The zero-order valence-corrected chi connectivity index (χ0v) is 16.1. The molecular weight excluding hydrogens is 338 g/mol. The van der Waals surface area contributed by atoms with Crippen molar-refractivity contribution in [1.82, 2.24) is 24.6 Å². The molecule has 2 N–H and O–H groups in total. The quantitative estimate of drug-likeness (QED) is 0.869. The molecule has 3 fully saturated rings. The van der Waals surface area contributed by atoms with E-state index in [4.69, 9.17) is 5.73 Å². The Bertz CT molecular complexity index is 798. The Hall–Kier alpha value is -1.99. The lowest BCUT2D eigenvalue weighted by Crippen LogP contribution is -2.46. The number of anilines is 1. The van der Waals surface area contributed by atoms with Gasteiger partial charge in [-0.3, -0.25) is 9.88 Å². The largest absolute Gasteiger partial charge is 0.369 e. The van der Waals surface area contributed by atoms with Gasteiger partial charge in [-0.15, -0.1) is 10.2 Å². The molecular formula is C20H29N7. The summed E-state index contributed by atoms with van der Waals surface area (Å²) in [7, 11) is 0. The molecule has 0 spiro atoms. The molecule has 0 aromatic carbocycles. The van der Waals surface area contributed by atoms with Crippen molar-refractivity contribution in [2.24, 2.45) is 5.73 Å². The number of aromatic nitrogens is 4. The van der Waals surface area contributed by atoms with Gasteiger partial charge in [-0.1, -0.05) is 0 Å². The highest BCUT2D eigenvalue weighted by molar-refractivity contribution is 5.46. The van der Waals surface area contributed by atoms with Crippen molar-refractivity contribution in [3.8, 4) is 0 Å². The molecule has 0 atom stereocenters. The molecule has 3 aliphatic rings. The minimum absolute atomic E-state index is 0.354. The Morgan fingerprint density at radius 1 is 1.11 bits per heavy atom. The van der Waals surface area contributed by atoms with E-state index in [2.05, 4.69) is 48.6 Å². The van der Waals surface area contributed by atoms with E-state index in [0.717, 1.165) is 57.1 Å². The highest BCUT2D eigenvalue weighted by Gasteiger charge is 2.37. The molecule has 27 heavy (non-hydrogen) atoms. The fourth-order valence-corrected chi connectivity index (χ4v) is 4.42. The number of nitrogens with two attached hydrogens (primary N) is 1. The summed E-state index contributed by atoms with van der Waals surface area (Å²) in [4.78, 5) is 9.28. The number of pyridine rings is 1. The first-order valence-electron chi connectivity index (χ1n) is 10.3. The first kappa shape index (κ1) is 17.1. The van der Waals surface area contributed by atoms with Crippen LogP contribution in [0.2, 0.25) is 0 Å². The standard InChI is InChI=1S/C20H29N7/c1-14-10-18(4-5-22-14)26-8-6-25(7-9-26)13-19-23-24-20(15-11-16(21)12-15)27(19)17-2-3-17/h4-5,10,15-17H,2-3,6-9,11-13,21H2,1H3. The molecule has 2 saturated carbocycles. The van der Waals surface area contributed by atoms with Gasteiger partial charge in [0.25, 0.3) is 0 Å². The van der Waals surface area contributed by atoms with Gasteiger partial charge in [-0.2, -0.15) is 0 Å². The van der Waals surface area contributed by atoms with Crippen molar-refractivity contribution in [2.75, 3.05) is 31.1 Å². The maximum atomic E-state index is 6.00. The number of piperazine rings is 1. The monoisotopic (exact) mass is 367 g/mol. The van der Waals surface area contributed by atoms with Gasteiger partial charge in [0.15, 0.2) is 0 Å². The zero-order valence-electron chi connectivity index (χ0n) is 16.1. The molecule has 5 rings (SSSR count). The number of hydrogen-bond acceptors (Lipinski definition) is 6. The van der Waals surface area contributed by atoms with Gasteiger partial charge in [-0.05, 0) is 44.7 Å². The number of nitrogens with zero attached hydrogens (tertiary/aromatic N) is 6. The van der Waals surface area contributed by atoms with Crippen LogP contribution in [0.15, 0.2) is 18.3 Å². The molecule has 3 heterocycles. The fraction of sp³-hybridized carbons (Fsp3) is 0.650. The van der Waals surface area contributed by atoms with Crippen molar-refractivity contribution >= 4 is 5.69 Å². The summed E-state index contributed by atoms with van der Waals surface area (Å²) in [6.07, 6.45) is 6.57. The van der Waals surface area contributed by atoms with Crippen LogP contribution in [0.5, 0.6) is 0 Å². The molecule has 1 aliphatic heterocycles. The summed E-state index contributed by atoms with van der Waals surface area (Å²) in [6.45, 7) is 7.17. The van der Waals surface area contributed by atoms with E-state index in [9.17, 15) is 0 Å². The van der Waals surface area contributed by atoms with Crippen LogP contribution in [0.4, 0.5) is 5.69 Å². The lowest BCUT2D eigenvalue weighted by Gasteiger charge is -2.36. The second kappa shape index (κ2) is 6.87. The SMILES string of the molecule is Cc1cc(N2CCN(Cc3nnc(C4CC(N)C4)n3C3CC3)CC2)ccn1. The van der Waals surface area contributed by atoms with E-state index in [1.54, 1.807) is 0 Å². The van der Waals surface area contributed by atoms with Crippen LogP contribution >= 0.6 is 0 Å². The molecule has 0 bridgehead atoms.